The van der Waals surface area contributed by atoms with Crippen molar-refractivity contribution in [3.8, 4) is 0 Å². The number of aromatic nitrogens is 3. The van der Waals surface area contributed by atoms with Gasteiger partial charge in [0, 0.05) is 16.8 Å². The van der Waals surface area contributed by atoms with Crippen LogP contribution >= 0.6 is 0 Å². The van der Waals surface area contributed by atoms with E-state index >= 15 is 0 Å². The van der Waals surface area contributed by atoms with Crippen LogP contribution in [-0.4, -0.2) is 26.4 Å². The van der Waals surface area contributed by atoms with Crippen molar-refractivity contribution >= 4 is 29.4 Å². The third kappa shape index (κ3) is 4.30. The molecule has 2 rings (SSSR count). The zero-order chi connectivity index (χ0) is 16.3. The topological polar surface area (TPSA) is 132 Å². The van der Waals surface area contributed by atoms with Gasteiger partial charge in [-0.1, -0.05) is 0 Å². The molecule has 0 aliphatic rings. The Kier molecular flexibility index (Phi) is 4.11. The van der Waals surface area contributed by atoms with Gasteiger partial charge in [0.25, 0.3) is 5.91 Å². The second-order valence-corrected chi connectivity index (χ2v) is 5.78. The Morgan fingerprint density at radius 2 is 1.55 bits per heavy atom. The number of nitrogens with two attached hydrogens (primary N) is 2. The number of hydrogen-bond acceptors (Lipinski definition) is 7. The van der Waals surface area contributed by atoms with E-state index in [2.05, 4.69) is 25.6 Å². The Morgan fingerprint density at radius 3 is 2.05 bits per heavy atom. The smallest absolute Gasteiger partial charge is 0.251 e. The molecule has 116 valence electrons. The van der Waals surface area contributed by atoms with Crippen LogP contribution < -0.4 is 22.1 Å². The molecule has 0 atom stereocenters. The van der Waals surface area contributed by atoms with E-state index in [4.69, 9.17) is 11.5 Å². The number of carbonyl (C=O) groups excluding carboxylic acids is 1. The minimum Gasteiger partial charge on any atom is -0.368 e. The summed E-state index contributed by atoms with van der Waals surface area (Å²) in [6, 6.07) is 6.90. The Labute approximate surface area is 128 Å². The molecule has 8 nitrogen and oxygen atoms in total. The molecule has 0 fully saturated rings. The number of anilines is 4. The van der Waals surface area contributed by atoms with Crippen LogP contribution in [-0.2, 0) is 0 Å². The molecule has 0 bridgehead atoms. The van der Waals surface area contributed by atoms with Crippen molar-refractivity contribution < 1.29 is 4.79 Å². The average molecular weight is 301 g/mol. The van der Waals surface area contributed by atoms with E-state index in [9.17, 15) is 4.79 Å². The molecule has 0 radical (unpaired) electrons. The van der Waals surface area contributed by atoms with Crippen LogP contribution in [0.25, 0.3) is 0 Å². The molecule has 0 unspecified atom stereocenters. The number of hydrogen-bond donors (Lipinski definition) is 4. The van der Waals surface area contributed by atoms with Crippen LogP contribution in [0.4, 0.5) is 23.5 Å². The van der Waals surface area contributed by atoms with Gasteiger partial charge in [0.1, 0.15) is 0 Å². The molecule has 0 saturated carbocycles. The van der Waals surface area contributed by atoms with E-state index in [0.717, 1.165) is 0 Å². The van der Waals surface area contributed by atoms with Crippen molar-refractivity contribution in [1.29, 1.82) is 0 Å². The highest BCUT2D eigenvalue weighted by molar-refractivity contribution is 5.95. The molecule has 0 aliphatic heterocycles. The van der Waals surface area contributed by atoms with E-state index in [0.29, 0.717) is 11.3 Å². The number of nitrogen functional groups attached to an aromatic ring is 2. The lowest BCUT2D eigenvalue weighted by Crippen LogP contribution is -2.40. The Balaban J connectivity index is 2.10. The predicted octanol–water partition coefficient (Wildman–Crippen LogP) is 1.31. The van der Waals surface area contributed by atoms with Crippen molar-refractivity contribution in [2.75, 3.05) is 16.8 Å². The van der Waals surface area contributed by atoms with E-state index in [-0.39, 0.29) is 29.3 Å². The zero-order valence-corrected chi connectivity index (χ0v) is 12.7. The fraction of sp³-hybridized carbons (Fsp3) is 0.286. The molecule has 1 aromatic heterocycles. The molecular formula is C14H19N7O. The molecule has 0 spiro atoms. The fourth-order valence-electron chi connectivity index (χ4n) is 1.71. The lowest BCUT2D eigenvalue weighted by atomic mass is 10.1. The maximum Gasteiger partial charge on any atom is 0.251 e. The highest BCUT2D eigenvalue weighted by atomic mass is 16.1. The lowest BCUT2D eigenvalue weighted by molar-refractivity contribution is 0.0919. The van der Waals surface area contributed by atoms with Crippen LogP contribution in [0, 0.1) is 0 Å². The highest BCUT2D eigenvalue weighted by Gasteiger charge is 2.15. The van der Waals surface area contributed by atoms with E-state index in [1.54, 1.807) is 24.3 Å². The molecule has 22 heavy (non-hydrogen) atoms. The monoisotopic (exact) mass is 301 g/mol. The second-order valence-electron chi connectivity index (χ2n) is 5.78. The summed E-state index contributed by atoms with van der Waals surface area (Å²) >= 11 is 0. The first-order valence-electron chi connectivity index (χ1n) is 6.69. The molecule has 1 heterocycles. The maximum atomic E-state index is 12.0. The number of carbonyl (C=O) groups is 1. The van der Waals surface area contributed by atoms with E-state index in [1.165, 1.54) is 0 Å². The minimum atomic E-state index is -0.284. The molecule has 8 heteroatoms. The van der Waals surface area contributed by atoms with Gasteiger partial charge in [-0.3, -0.25) is 4.79 Å². The van der Waals surface area contributed by atoms with Gasteiger partial charge in [-0.2, -0.15) is 15.0 Å². The Hall–Kier alpha value is -2.90. The zero-order valence-electron chi connectivity index (χ0n) is 12.7. The van der Waals surface area contributed by atoms with Crippen LogP contribution in [0.3, 0.4) is 0 Å². The predicted molar refractivity (Wildman–Crippen MR) is 85.6 cm³/mol. The lowest BCUT2D eigenvalue weighted by Gasteiger charge is -2.20. The third-order valence-corrected chi connectivity index (χ3v) is 2.56. The summed E-state index contributed by atoms with van der Waals surface area (Å²) in [5.41, 5.74) is 12.0. The van der Waals surface area contributed by atoms with Gasteiger partial charge in [-0.25, -0.2) is 0 Å². The summed E-state index contributed by atoms with van der Waals surface area (Å²) in [4.78, 5) is 23.6. The normalized spacial score (nSPS) is 11.0. The molecular weight excluding hydrogens is 282 g/mol. The van der Waals surface area contributed by atoms with Crippen LogP contribution in [0.1, 0.15) is 31.1 Å². The summed E-state index contributed by atoms with van der Waals surface area (Å²) in [6.45, 7) is 5.78. The number of benzene rings is 1. The van der Waals surface area contributed by atoms with E-state index < -0.39 is 0 Å². The molecule has 1 aromatic carbocycles. The summed E-state index contributed by atoms with van der Waals surface area (Å²) < 4.78 is 0. The van der Waals surface area contributed by atoms with Gasteiger partial charge in [0.2, 0.25) is 17.8 Å². The van der Waals surface area contributed by atoms with Crippen molar-refractivity contribution in [3.05, 3.63) is 29.8 Å². The number of nitrogens with one attached hydrogen (secondary N) is 2. The first kappa shape index (κ1) is 15.5. The van der Waals surface area contributed by atoms with Gasteiger partial charge in [-0.05, 0) is 45.0 Å². The van der Waals surface area contributed by atoms with Gasteiger partial charge in [0.05, 0.1) is 0 Å². The summed E-state index contributed by atoms with van der Waals surface area (Å²) in [7, 11) is 0. The Morgan fingerprint density at radius 1 is 1.00 bits per heavy atom. The largest absolute Gasteiger partial charge is 0.368 e. The summed E-state index contributed by atoms with van der Waals surface area (Å²) in [6.07, 6.45) is 0. The minimum absolute atomic E-state index is 0.0381. The molecule has 0 aliphatic carbocycles. The Bertz CT molecular complexity index is 656. The van der Waals surface area contributed by atoms with Crippen LogP contribution in [0.5, 0.6) is 0 Å². The second kappa shape index (κ2) is 5.84. The number of rotatable bonds is 3. The van der Waals surface area contributed by atoms with Crippen LogP contribution in [0.15, 0.2) is 24.3 Å². The van der Waals surface area contributed by atoms with Crippen molar-refractivity contribution in [3.63, 3.8) is 0 Å². The maximum absolute atomic E-state index is 12.0. The number of nitrogens with zero attached hydrogens (tertiary/aromatic N) is 3. The summed E-state index contributed by atoms with van der Waals surface area (Å²) in [5, 5.41) is 5.84. The quantitative estimate of drug-likeness (QED) is 0.671. The van der Waals surface area contributed by atoms with Gasteiger partial charge < -0.3 is 22.1 Å². The van der Waals surface area contributed by atoms with Crippen molar-refractivity contribution in [2.24, 2.45) is 0 Å². The fourth-order valence-corrected chi connectivity index (χ4v) is 1.71. The van der Waals surface area contributed by atoms with Crippen molar-refractivity contribution in [1.82, 2.24) is 20.3 Å². The van der Waals surface area contributed by atoms with Crippen molar-refractivity contribution in [2.45, 2.75) is 26.3 Å². The summed E-state index contributed by atoms with van der Waals surface area (Å²) in [5.74, 6) is 0.192. The standard InChI is InChI=1S/C14H19N7O/c1-14(2,3)21-10(22)8-4-6-9(7-5-8)17-13-19-11(15)18-12(16)20-13/h4-7H,1-3H3,(H,21,22)(H5,15,16,17,18,19,20). The molecule has 2 aromatic rings. The highest BCUT2D eigenvalue weighted by Crippen LogP contribution is 2.15. The number of amides is 1. The first-order chi connectivity index (χ1) is 10.2. The molecule has 0 saturated heterocycles. The van der Waals surface area contributed by atoms with Crippen LogP contribution in [0.2, 0.25) is 0 Å². The average Bonchev–Trinajstić information content (AvgIpc) is 2.36. The van der Waals surface area contributed by atoms with Gasteiger partial charge >= 0.3 is 0 Å². The molecule has 6 N–H and O–H groups in total. The SMILES string of the molecule is CC(C)(C)NC(=O)c1ccc(Nc2nc(N)nc(N)n2)cc1. The molecule has 1 amide bonds. The van der Waals surface area contributed by atoms with Gasteiger partial charge in [0.15, 0.2) is 0 Å². The van der Waals surface area contributed by atoms with E-state index in [1.807, 2.05) is 20.8 Å². The first-order valence-corrected chi connectivity index (χ1v) is 6.69. The third-order valence-electron chi connectivity index (χ3n) is 2.56. The van der Waals surface area contributed by atoms with Gasteiger partial charge in [-0.15, -0.1) is 0 Å².